The van der Waals surface area contributed by atoms with Crippen molar-refractivity contribution in [1.82, 2.24) is 9.97 Å². The minimum atomic E-state index is -0.630. The maximum Gasteiger partial charge on any atom is 0.253 e. The number of benzene rings is 2. The smallest absolute Gasteiger partial charge is 0.253 e. The summed E-state index contributed by atoms with van der Waals surface area (Å²) < 4.78 is 11.3. The number of rotatable bonds is 9. The Kier molecular flexibility index (Phi) is 6.53. The fourth-order valence-electron chi connectivity index (χ4n) is 3.82. The second kappa shape index (κ2) is 10.1. The van der Waals surface area contributed by atoms with Crippen LogP contribution in [-0.2, 0) is 6.54 Å². The van der Waals surface area contributed by atoms with Crippen LogP contribution in [0.3, 0.4) is 0 Å². The van der Waals surface area contributed by atoms with Crippen molar-refractivity contribution in [1.29, 1.82) is 0 Å². The fourth-order valence-corrected chi connectivity index (χ4v) is 4.04. The molecule has 10 heteroatoms. The van der Waals surface area contributed by atoms with Gasteiger partial charge in [0.15, 0.2) is 6.29 Å². The third-order valence-corrected chi connectivity index (χ3v) is 6.02. The van der Waals surface area contributed by atoms with Crippen molar-refractivity contribution < 1.29 is 14.3 Å². The number of carbonyl (C=O) groups is 1. The Morgan fingerprint density at radius 2 is 1.84 bits per heavy atom. The predicted octanol–water partition coefficient (Wildman–Crippen LogP) is 4.85. The zero-order chi connectivity index (χ0) is 25.9. The Morgan fingerprint density at radius 3 is 2.57 bits per heavy atom. The average Bonchev–Trinajstić information content (AvgIpc) is 2.93. The molecule has 0 bridgehead atoms. The molecule has 2 heterocycles. The van der Waals surface area contributed by atoms with E-state index in [0.29, 0.717) is 52.2 Å². The van der Waals surface area contributed by atoms with Crippen LogP contribution in [0.15, 0.2) is 76.7 Å². The van der Waals surface area contributed by atoms with Crippen LogP contribution in [0.2, 0.25) is 5.02 Å². The van der Waals surface area contributed by atoms with E-state index in [1.54, 1.807) is 61.1 Å². The molecule has 5 rings (SSSR count). The van der Waals surface area contributed by atoms with E-state index in [4.69, 9.17) is 21.1 Å². The Morgan fingerprint density at radius 1 is 1.00 bits per heavy atom. The van der Waals surface area contributed by atoms with Gasteiger partial charge in [-0.3, -0.25) is 24.4 Å². The molecule has 0 aliphatic heterocycles. The van der Waals surface area contributed by atoms with Gasteiger partial charge in [0.25, 0.3) is 10.9 Å². The molecule has 0 radical (unpaired) electrons. The third-order valence-electron chi connectivity index (χ3n) is 5.71. The minimum absolute atomic E-state index is 0.139. The largest absolute Gasteiger partial charge is 0.496 e. The molecule has 2 aromatic heterocycles. The van der Waals surface area contributed by atoms with E-state index in [1.165, 1.54) is 7.11 Å². The summed E-state index contributed by atoms with van der Waals surface area (Å²) >= 11 is 6.47. The van der Waals surface area contributed by atoms with Gasteiger partial charge >= 0.3 is 0 Å². The van der Waals surface area contributed by atoms with Gasteiger partial charge in [-0.2, -0.15) is 0 Å². The highest BCUT2D eigenvalue weighted by atomic mass is 35.5. The number of nitrogens with zero attached hydrogens (tertiary/aromatic N) is 2. The SMILES string of the molecule is COc1cc2nccc(Oc3ccc(Nc4c(NCc5cccnc5)c(=O)c4=O)c(Cl)c3)c2cc1C=O. The van der Waals surface area contributed by atoms with E-state index in [9.17, 15) is 14.4 Å². The molecule has 0 aliphatic carbocycles. The van der Waals surface area contributed by atoms with Gasteiger partial charge in [0, 0.05) is 42.7 Å². The Bertz CT molecular complexity index is 1700. The first kappa shape index (κ1) is 24.0. The van der Waals surface area contributed by atoms with Crippen LogP contribution in [0, 0.1) is 0 Å². The third kappa shape index (κ3) is 4.72. The molecule has 0 aliphatic rings. The minimum Gasteiger partial charge on any atom is -0.496 e. The molecule has 3 aromatic carbocycles. The number of hydrogen-bond donors (Lipinski definition) is 2. The van der Waals surface area contributed by atoms with Crippen LogP contribution in [0.4, 0.5) is 17.1 Å². The van der Waals surface area contributed by atoms with E-state index in [2.05, 4.69) is 20.6 Å². The normalized spacial score (nSPS) is 10.9. The number of carbonyl (C=O) groups excluding carboxylic acids is 1. The first-order valence-corrected chi connectivity index (χ1v) is 11.5. The van der Waals surface area contributed by atoms with Gasteiger partial charge in [0.05, 0.1) is 28.9 Å². The van der Waals surface area contributed by atoms with Crippen molar-refractivity contribution >= 4 is 45.9 Å². The lowest BCUT2D eigenvalue weighted by Crippen LogP contribution is -2.36. The molecular formula is C27H19ClN4O5. The lowest BCUT2D eigenvalue weighted by atomic mass is 10.1. The van der Waals surface area contributed by atoms with Crippen molar-refractivity contribution in [2.75, 3.05) is 17.7 Å². The van der Waals surface area contributed by atoms with Crippen molar-refractivity contribution in [2.45, 2.75) is 6.54 Å². The summed E-state index contributed by atoms with van der Waals surface area (Å²) in [5.41, 5.74) is 1.35. The molecule has 0 fully saturated rings. The summed E-state index contributed by atoms with van der Waals surface area (Å²) in [6.45, 7) is 0.339. The predicted molar refractivity (Wildman–Crippen MR) is 141 cm³/mol. The van der Waals surface area contributed by atoms with E-state index in [0.717, 1.165) is 5.56 Å². The summed E-state index contributed by atoms with van der Waals surface area (Å²) in [6, 6.07) is 13.5. The number of ether oxygens (including phenoxy) is 2. The number of aromatic nitrogens is 2. The highest BCUT2D eigenvalue weighted by Crippen LogP contribution is 2.36. The van der Waals surface area contributed by atoms with Crippen molar-refractivity contribution in [2.24, 2.45) is 0 Å². The molecule has 2 N–H and O–H groups in total. The van der Waals surface area contributed by atoms with Crippen LogP contribution >= 0.6 is 11.6 Å². The number of methoxy groups -OCH3 is 1. The zero-order valence-corrected chi connectivity index (χ0v) is 20.2. The number of hydrogen-bond acceptors (Lipinski definition) is 9. The Balaban J connectivity index is 1.36. The summed E-state index contributed by atoms with van der Waals surface area (Å²) in [6.07, 6.45) is 5.61. The number of pyridine rings is 2. The molecule has 5 aromatic rings. The summed E-state index contributed by atoms with van der Waals surface area (Å²) in [5, 5.41) is 6.82. The maximum absolute atomic E-state index is 12.2. The van der Waals surface area contributed by atoms with Gasteiger partial charge in [-0.15, -0.1) is 0 Å². The molecular weight excluding hydrogens is 496 g/mol. The first-order chi connectivity index (χ1) is 18.0. The van der Waals surface area contributed by atoms with Gasteiger partial charge in [-0.05, 0) is 35.9 Å². The van der Waals surface area contributed by atoms with Gasteiger partial charge in [0.2, 0.25) is 0 Å². The maximum atomic E-state index is 12.2. The Hall–Kier alpha value is -4.76. The van der Waals surface area contributed by atoms with E-state index in [1.807, 2.05) is 6.07 Å². The number of halogens is 1. The summed E-state index contributed by atoms with van der Waals surface area (Å²) in [4.78, 5) is 44.1. The first-order valence-electron chi connectivity index (χ1n) is 11.1. The highest BCUT2D eigenvalue weighted by molar-refractivity contribution is 6.33. The Labute approximate surface area is 215 Å². The molecule has 37 heavy (non-hydrogen) atoms. The highest BCUT2D eigenvalue weighted by Gasteiger charge is 2.22. The van der Waals surface area contributed by atoms with E-state index in [-0.39, 0.29) is 16.4 Å². The standard InChI is InChI=1S/C27H19ClN4O5/c1-36-23-11-21-18(9-16(23)14-33)22(6-8-30-21)37-17-4-5-20(19(28)10-17)32-25-24(26(34)27(25)35)31-13-15-3-2-7-29-12-15/h2-12,14,31-32H,13H2,1H3. The number of fused-ring (bicyclic) bond motifs is 1. The van der Waals surface area contributed by atoms with Gasteiger partial charge in [-0.1, -0.05) is 17.7 Å². The van der Waals surface area contributed by atoms with Gasteiger partial charge in [-0.25, -0.2) is 0 Å². The van der Waals surface area contributed by atoms with Crippen molar-refractivity contribution in [3.63, 3.8) is 0 Å². The van der Waals surface area contributed by atoms with E-state index >= 15 is 0 Å². The van der Waals surface area contributed by atoms with Crippen LogP contribution < -0.4 is 31.0 Å². The van der Waals surface area contributed by atoms with Crippen LogP contribution in [-0.4, -0.2) is 23.4 Å². The lowest BCUT2D eigenvalue weighted by Gasteiger charge is -2.16. The van der Waals surface area contributed by atoms with Crippen molar-refractivity contribution in [3.8, 4) is 17.2 Å². The fraction of sp³-hybridized carbons (Fsp3) is 0.0741. The molecule has 0 spiro atoms. The second-order valence-corrected chi connectivity index (χ2v) is 8.44. The summed E-state index contributed by atoms with van der Waals surface area (Å²) in [5.74, 6) is 1.31. The molecule has 0 amide bonds. The van der Waals surface area contributed by atoms with Crippen molar-refractivity contribution in [3.05, 3.63) is 104 Å². The molecule has 184 valence electrons. The molecule has 0 atom stereocenters. The molecule has 0 saturated heterocycles. The lowest BCUT2D eigenvalue weighted by molar-refractivity contribution is 0.112. The van der Waals surface area contributed by atoms with Crippen LogP contribution in [0.25, 0.3) is 10.9 Å². The zero-order valence-electron chi connectivity index (χ0n) is 19.4. The quantitative estimate of drug-likeness (QED) is 0.210. The average molecular weight is 515 g/mol. The number of aldehydes is 1. The second-order valence-electron chi connectivity index (χ2n) is 8.03. The van der Waals surface area contributed by atoms with Crippen LogP contribution in [0.1, 0.15) is 15.9 Å². The monoisotopic (exact) mass is 514 g/mol. The topological polar surface area (TPSA) is 120 Å². The van der Waals surface area contributed by atoms with Gasteiger partial charge < -0.3 is 20.1 Å². The summed E-state index contributed by atoms with van der Waals surface area (Å²) in [7, 11) is 1.48. The van der Waals surface area contributed by atoms with Crippen LogP contribution in [0.5, 0.6) is 17.2 Å². The van der Waals surface area contributed by atoms with Gasteiger partial charge in [0.1, 0.15) is 28.6 Å². The number of nitrogens with one attached hydrogen (secondary N) is 2. The molecule has 0 saturated carbocycles. The number of anilines is 3. The molecule has 9 nitrogen and oxygen atoms in total. The van der Waals surface area contributed by atoms with E-state index < -0.39 is 10.9 Å². The molecule has 0 unspecified atom stereocenters.